The molecule has 0 bridgehead atoms. The zero-order valence-corrected chi connectivity index (χ0v) is 16.1. The zero-order chi connectivity index (χ0) is 17.0. The fourth-order valence-electron chi connectivity index (χ4n) is 2.24. The Bertz CT molecular complexity index is 610. The van der Waals surface area contributed by atoms with Crippen molar-refractivity contribution in [1.29, 1.82) is 0 Å². The van der Waals surface area contributed by atoms with E-state index in [2.05, 4.69) is 39.4 Å². The fraction of sp³-hybridized carbons (Fsp3) is 0.444. The summed E-state index contributed by atoms with van der Waals surface area (Å²) >= 11 is 3.60. The first-order valence-electron chi connectivity index (χ1n) is 8.26. The van der Waals surface area contributed by atoms with Gasteiger partial charge in [-0.05, 0) is 24.9 Å². The number of guanidine groups is 1. The van der Waals surface area contributed by atoms with E-state index in [4.69, 9.17) is 4.98 Å². The molecule has 0 spiro atoms. The highest BCUT2D eigenvalue weighted by Crippen LogP contribution is 2.23. The van der Waals surface area contributed by atoms with Gasteiger partial charge in [0.05, 0.1) is 5.69 Å². The van der Waals surface area contributed by atoms with Gasteiger partial charge in [0.1, 0.15) is 5.01 Å². The molecule has 2 N–H and O–H groups in total. The number of aliphatic imine (C=N–C) groups is 1. The number of aromatic nitrogens is 1. The Morgan fingerprint density at radius 3 is 2.71 bits per heavy atom. The second kappa shape index (κ2) is 11.1. The number of benzene rings is 1. The molecule has 2 aromatic rings. The summed E-state index contributed by atoms with van der Waals surface area (Å²) in [5, 5.41) is 9.94. The van der Waals surface area contributed by atoms with E-state index in [1.165, 1.54) is 24.2 Å². The SMILES string of the molecule is CN=C(NCCCCSC)NCCc1csc(-c2ccccc2)n1. The van der Waals surface area contributed by atoms with Gasteiger partial charge in [0.15, 0.2) is 5.96 Å². The van der Waals surface area contributed by atoms with E-state index < -0.39 is 0 Å². The Labute approximate surface area is 153 Å². The smallest absolute Gasteiger partial charge is 0.190 e. The highest BCUT2D eigenvalue weighted by atomic mass is 32.2. The summed E-state index contributed by atoms with van der Waals surface area (Å²) in [6, 6.07) is 10.3. The van der Waals surface area contributed by atoms with Gasteiger partial charge in [-0.3, -0.25) is 4.99 Å². The fourth-order valence-corrected chi connectivity index (χ4v) is 3.60. The number of rotatable bonds is 9. The van der Waals surface area contributed by atoms with Crippen LogP contribution in [0.3, 0.4) is 0 Å². The Morgan fingerprint density at radius 1 is 1.17 bits per heavy atom. The van der Waals surface area contributed by atoms with Crippen LogP contribution in [0.2, 0.25) is 0 Å². The molecule has 0 radical (unpaired) electrons. The number of unbranched alkanes of at least 4 members (excludes halogenated alkanes) is 1. The van der Waals surface area contributed by atoms with Crippen LogP contribution in [-0.2, 0) is 6.42 Å². The summed E-state index contributed by atoms with van der Waals surface area (Å²) in [6.45, 7) is 1.80. The van der Waals surface area contributed by atoms with Crippen LogP contribution >= 0.6 is 23.1 Å². The quantitative estimate of drug-likeness (QED) is 0.406. The molecular weight excluding hydrogens is 336 g/mol. The molecule has 1 aromatic carbocycles. The molecule has 0 atom stereocenters. The molecule has 130 valence electrons. The Kier molecular flexibility index (Phi) is 8.70. The number of hydrogen-bond donors (Lipinski definition) is 2. The van der Waals surface area contributed by atoms with Crippen LogP contribution in [0.4, 0.5) is 0 Å². The second-order valence-corrected chi connectivity index (χ2v) is 7.23. The molecule has 0 fully saturated rings. The lowest BCUT2D eigenvalue weighted by atomic mass is 10.2. The van der Waals surface area contributed by atoms with Gasteiger partial charge in [0.25, 0.3) is 0 Å². The van der Waals surface area contributed by atoms with Crippen molar-refractivity contribution >= 4 is 29.1 Å². The van der Waals surface area contributed by atoms with Crippen LogP contribution in [0.1, 0.15) is 18.5 Å². The molecule has 2 rings (SSSR count). The zero-order valence-electron chi connectivity index (χ0n) is 14.4. The Balaban J connectivity index is 1.70. The molecule has 4 nitrogen and oxygen atoms in total. The number of nitrogens with zero attached hydrogens (tertiary/aromatic N) is 2. The predicted molar refractivity (Wildman–Crippen MR) is 108 cm³/mol. The maximum atomic E-state index is 4.71. The van der Waals surface area contributed by atoms with Gasteiger partial charge >= 0.3 is 0 Å². The highest BCUT2D eigenvalue weighted by Gasteiger charge is 2.04. The minimum Gasteiger partial charge on any atom is -0.356 e. The molecule has 24 heavy (non-hydrogen) atoms. The van der Waals surface area contributed by atoms with Crippen molar-refractivity contribution in [3.8, 4) is 10.6 Å². The maximum absolute atomic E-state index is 4.71. The lowest BCUT2D eigenvalue weighted by Crippen LogP contribution is -2.38. The first-order chi connectivity index (χ1) is 11.8. The van der Waals surface area contributed by atoms with Crippen LogP contribution in [-0.4, -0.2) is 43.1 Å². The van der Waals surface area contributed by atoms with Gasteiger partial charge < -0.3 is 10.6 Å². The van der Waals surface area contributed by atoms with Crippen LogP contribution in [0, 0.1) is 0 Å². The van der Waals surface area contributed by atoms with E-state index in [0.717, 1.165) is 36.2 Å². The number of thiazole rings is 1. The van der Waals surface area contributed by atoms with Crippen LogP contribution < -0.4 is 10.6 Å². The number of hydrogen-bond acceptors (Lipinski definition) is 4. The largest absolute Gasteiger partial charge is 0.356 e. The monoisotopic (exact) mass is 362 g/mol. The van der Waals surface area contributed by atoms with Gasteiger partial charge in [0, 0.05) is 37.5 Å². The molecule has 6 heteroatoms. The minimum atomic E-state index is 0.836. The minimum absolute atomic E-state index is 0.836. The van der Waals surface area contributed by atoms with E-state index in [0.29, 0.717) is 0 Å². The third kappa shape index (κ3) is 6.53. The Morgan fingerprint density at radius 2 is 1.96 bits per heavy atom. The molecule has 0 unspecified atom stereocenters. The van der Waals surface area contributed by atoms with E-state index in [9.17, 15) is 0 Å². The molecule has 0 amide bonds. The molecule has 0 aliphatic carbocycles. The summed E-state index contributed by atoms with van der Waals surface area (Å²) in [5.41, 5.74) is 2.31. The van der Waals surface area contributed by atoms with Gasteiger partial charge in [-0.25, -0.2) is 4.98 Å². The third-order valence-corrected chi connectivity index (χ3v) is 5.17. The molecule has 0 aliphatic heterocycles. The molecular formula is C18H26N4S2. The summed E-state index contributed by atoms with van der Waals surface area (Å²) < 4.78 is 0. The van der Waals surface area contributed by atoms with Crippen molar-refractivity contribution in [3.05, 3.63) is 41.4 Å². The van der Waals surface area contributed by atoms with Crippen LogP contribution in [0.5, 0.6) is 0 Å². The van der Waals surface area contributed by atoms with Gasteiger partial charge in [-0.2, -0.15) is 11.8 Å². The van der Waals surface area contributed by atoms with Crippen LogP contribution in [0.15, 0.2) is 40.7 Å². The van der Waals surface area contributed by atoms with Crippen LogP contribution in [0.25, 0.3) is 10.6 Å². The molecule has 0 saturated carbocycles. The molecule has 0 aliphatic rings. The molecule has 1 aromatic heterocycles. The Hall–Kier alpha value is -1.53. The first kappa shape index (κ1) is 18.8. The van der Waals surface area contributed by atoms with E-state index >= 15 is 0 Å². The normalized spacial score (nSPS) is 11.5. The van der Waals surface area contributed by atoms with Crippen molar-refractivity contribution in [2.45, 2.75) is 19.3 Å². The van der Waals surface area contributed by atoms with Crippen molar-refractivity contribution < 1.29 is 0 Å². The van der Waals surface area contributed by atoms with E-state index in [1.807, 2.05) is 37.0 Å². The van der Waals surface area contributed by atoms with Gasteiger partial charge in [-0.15, -0.1) is 11.3 Å². The summed E-state index contributed by atoms with van der Waals surface area (Å²) in [6.07, 6.45) is 5.46. The predicted octanol–water partition coefficient (Wildman–Crippen LogP) is 3.66. The number of thioether (sulfide) groups is 1. The average Bonchev–Trinajstić information content (AvgIpc) is 3.09. The average molecular weight is 363 g/mol. The van der Waals surface area contributed by atoms with E-state index in [-0.39, 0.29) is 0 Å². The topological polar surface area (TPSA) is 49.3 Å². The summed E-state index contributed by atoms with van der Waals surface area (Å²) in [7, 11) is 1.81. The molecule has 1 heterocycles. The summed E-state index contributed by atoms with van der Waals surface area (Å²) in [4.78, 5) is 8.98. The van der Waals surface area contributed by atoms with E-state index in [1.54, 1.807) is 11.3 Å². The number of nitrogens with one attached hydrogen (secondary N) is 2. The van der Waals surface area contributed by atoms with Gasteiger partial charge in [0.2, 0.25) is 0 Å². The lowest BCUT2D eigenvalue weighted by molar-refractivity contribution is 0.729. The third-order valence-electron chi connectivity index (χ3n) is 3.54. The maximum Gasteiger partial charge on any atom is 0.190 e. The molecule has 0 saturated heterocycles. The summed E-state index contributed by atoms with van der Waals surface area (Å²) in [5.74, 6) is 2.10. The first-order valence-corrected chi connectivity index (χ1v) is 10.5. The second-order valence-electron chi connectivity index (χ2n) is 5.39. The standard InChI is InChI=1S/C18H26N4S2/c1-19-18(20-11-6-7-13-23-2)21-12-10-16-14-24-17(22-16)15-8-4-3-5-9-15/h3-5,8-9,14H,6-7,10-13H2,1-2H3,(H2,19,20,21). The van der Waals surface area contributed by atoms with Gasteiger partial charge in [-0.1, -0.05) is 30.3 Å². The van der Waals surface area contributed by atoms with Crippen molar-refractivity contribution in [2.24, 2.45) is 4.99 Å². The highest BCUT2D eigenvalue weighted by molar-refractivity contribution is 7.98. The lowest BCUT2D eigenvalue weighted by Gasteiger charge is -2.11. The van der Waals surface area contributed by atoms with Crippen molar-refractivity contribution in [3.63, 3.8) is 0 Å². The van der Waals surface area contributed by atoms with Crippen molar-refractivity contribution in [2.75, 3.05) is 32.1 Å². The van der Waals surface area contributed by atoms with Crippen molar-refractivity contribution in [1.82, 2.24) is 15.6 Å².